The number of amides is 1. The van der Waals surface area contributed by atoms with Crippen molar-refractivity contribution in [3.63, 3.8) is 0 Å². The molecule has 1 aliphatic rings. The van der Waals surface area contributed by atoms with Gasteiger partial charge in [0.05, 0.1) is 12.1 Å². The van der Waals surface area contributed by atoms with Gasteiger partial charge in [0.1, 0.15) is 5.60 Å². The number of ether oxygens (including phenoxy) is 2. The summed E-state index contributed by atoms with van der Waals surface area (Å²) >= 11 is 0. The Kier molecular flexibility index (Phi) is 6.85. The van der Waals surface area contributed by atoms with Crippen molar-refractivity contribution in [1.82, 2.24) is 9.80 Å². The Morgan fingerprint density at radius 2 is 2.00 bits per heavy atom. The quantitative estimate of drug-likeness (QED) is 0.786. The summed E-state index contributed by atoms with van der Waals surface area (Å²) in [4.78, 5) is 16.7. The van der Waals surface area contributed by atoms with E-state index in [1.54, 1.807) is 4.90 Å². The molecule has 0 saturated carbocycles. The van der Waals surface area contributed by atoms with Crippen LogP contribution in [-0.4, -0.2) is 60.9 Å². The van der Waals surface area contributed by atoms with Crippen molar-refractivity contribution in [3.05, 3.63) is 35.9 Å². The van der Waals surface area contributed by atoms with Crippen LogP contribution < -0.4 is 0 Å². The molecule has 2 atom stereocenters. The second kappa shape index (κ2) is 8.68. The van der Waals surface area contributed by atoms with Crippen LogP contribution in [0.5, 0.6) is 0 Å². The smallest absolute Gasteiger partial charge is 0.410 e. The first-order chi connectivity index (χ1) is 11.8. The summed E-state index contributed by atoms with van der Waals surface area (Å²) in [6.45, 7) is 11.2. The van der Waals surface area contributed by atoms with Gasteiger partial charge < -0.3 is 14.4 Å². The van der Waals surface area contributed by atoms with E-state index in [2.05, 4.69) is 17.0 Å². The van der Waals surface area contributed by atoms with E-state index in [0.717, 1.165) is 38.2 Å². The molecule has 1 fully saturated rings. The molecule has 0 spiro atoms. The molecular formula is C20H32N2O3. The van der Waals surface area contributed by atoms with Crippen LogP contribution in [0.2, 0.25) is 0 Å². The molecule has 1 heterocycles. The molecule has 0 N–H and O–H groups in total. The highest BCUT2D eigenvalue weighted by molar-refractivity contribution is 5.68. The van der Waals surface area contributed by atoms with Gasteiger partial charge in [-0.3, -0.25) is 4.90 Å². The maximum Gasteiger partial charge on any atom is 0.410 e. The van der Waals surface area contributed by atoms with Crippen LogP contribution in [0.1, 0.15) is 45.7 Å². The van der Waals surface area contributed by atoms with Gasteiger partial charge in [-0.2, -0.15) is 0 Å². The van der Waals surface area contributed by atoms with Crippen LogP contribution in [-0.2, 0) is 9.47 Å². The molecule has 0 radical (unpaired) electrons. The molecule has 1 aromatic carbocycles. The molecule has 140 valence electrons. The van der Waals surface area contributed by atoms with Gasteiger partial charge in [0.25, 0.3) is 0 Å². The summed E-state index contributed by atoms with van der Waals surface area (Å²) in [5.74, 6) is 0. The van der Waals surface area contributed by atoms with Crippen molar-refractivity contribution in [2.24, 2.45) is 0 Å². The van der Waals surface area contributed by atoms with Crippen molar-refractivity contribution >= 4 is 6.09 Å². The Hall–Kier alpha value is -1.59. The molecule has 1 amide bonds. The fraction of sp³-hybridized carbons (Fsp3) is 0.650. The van der Waals surface area contributed by atoms with Crippen molar-refractivity contribution in [1.29, 1.82) is 0 Å². The lowest BCUT2D eigenvalue weighted by Gasteiger charge is -2.33. The molecule has 1 saturated heterocycles. The summed E-state index contributed by atoms with van der Waals surface area (Å²) in [6.07, 6.45) is 1.06. The third-order valence-corrected chi connectivity index (χ3v) is 4.40. The number of carbonyl (C=O) groups excluding carboxylic acids is 1. The average Bonchev–Trinajstić information content (AvgIpc) is 2.99. The number of rotatable bonds is 6. The van der Waals surface area contributed by atoms with Crippen molar-refractivity contribution in [3.8, 4) is 0 Å². The van der Waals surface area contributed by atoms with Crippen LogP contribution in [0.3, 0.4) is 0 Å². The van der Waals surface area contributed by atoms with Crippen molar-refractivity contribution in [2.75, 3.05) is 33.3 Å². The Morgan fingerprint density at radius 3 is 2.60 bits per heavy atom. The summed E-state index contributed by atoms with van der Waals surface area (Å²) in [7, 11) is 1.82. The zero-order chi connectivity index (χ0) is 18.4. The lowest BCUT2D eigenvalue weighted by Crippen LogP contribution is -2.41. The molecule has 5 heteroatoms. The Labute approximate surface area is 151 Å². The van der Waals surface area contributed by atoms with Crippen LogP contribution in [0.4, 0.5) is 4.79 Å². The summed E-state index contributed by atoms with van der Waals surface area (Å²) in [6, 6.07) is 10.1. The SMILES string of the molecule is CCO[C@H]1CCN(C[C@H](c2ccccc2)N(C)C(=O)OC(C)(C)C)C1. The van der Waals surface area contributed by atoms with E-state index in [1.807, 2.05) is 52.9 Å². The monoisotopic (exact) mass is 348 g/mol. The van der Waals surface area contributed by atoms with Gasteiger partial charge in [-0.05, 0) is 39.7 Å². The van der Waals surface area contributed by atoms with Gasteiger partial charge in [0.2, 0.25) is 0 Å². The zero-order valence-electron chi connectivity index (χ0n) is 16.2. The highest BCUT2D eigenvalue weighted by atomic mass is 16.6. The highest BCUT2D eigenvalue weighted by Crippen LogP contribution is 2.25. The maximum atomic E-state index is 12.6. The van der Waals surface area contributed by atoms with Crippen molar-refractivity contribution < 1.29 is 14.3 Å². The van der Waals surface area contributed by atoms with E-state index in [0.29, 0.717) is 6.10 Å². The first-order valence-electron chi connectivity index (χ1n) is 9.15. The first-order valence-corrected chi connectivity index (χ1v) is 9.15. The van der Waals surface area contributed by atoms with Gasteiger partial charge in [-0.1, -0.05) is 30.3 Å². The van der Waals surface area contributed by atoms with Gasteiger partial charge in [0.15, 0.2) is 0 Å². The first kappa shape index (κ1) is 19.7. The van der Waals surface area contributed by atoms with E-state index < -0.39 is 5.60 Å². The third kappa shape index (κ3) is 6.01. The minimum Gasteiger partial charge on any atom is -0.444 e. The molecular weight excluding hydrogens is 316 g/mol. The molecule has 0 aliphatic carbocycles. The lowest BCUT2D eigenvalue weighted by molar-refractivity contribution is 0.0180. The van der Waals surface area contributed by atoms with E-state index in [4.69, 9.17) is 9.47 Å². The van der Waals surface area contributed by atoms with Crippen molar-refractivity contribution in [2.45, 2.75) is 51.9 Å². The number of likely N-dealkylation sites (N-methyl/N-ethyl adjacent to an activating group) is 1. The topological polar surface area (TPSA) is 42.0 Å². The van der Waals surface area contributed by atoms with Crippen LogP contribution in [0, 0.1) is 0 Å². The van der Waals surface area contributed by atoms with Crippen LogP contribution in [0.15, 0.2) is 30.3 Å². The van der Waals surface area contributed by atoms with Crippen LogP contribution >= 0.6 is 0 Å². The normalized spacial score (nSPS) is 19.6. The minimum atomic E-state index is -0.500. The largest absolute Gasteiger partial charge is 0.444 e. The van der Waals surface area contributed by atoms with Crippen LogP contribution in [0.25, 0.3) is 0 Å². The molecule has 1 aliphatic heterocycles. The standard InChI is InChI=1S/C20H32N2O3/c1-6-24-17-12-13-22(14-17)15-18(16-10-8-7-9-11-16)21(5)19(23)25-20(2,3)4/h7-11,17-18H,6,12-15H2,1-5H3/t17-,18+/m0/s1. The molecule has 0 aromatic heterocycles. The van der Waals surface area contributed by atoms with E-state index >= 15 is 0 Å². The molecule has 2 rings (SSSR count). The third-order valence-electron chi connectivity index (χ3n) is 4.40. The van der Waals surface area contributed by atoms with E-state index in [9.17, 15) is 4.79 Å². The number of hydrogen-bond donors (Lipinski definition) is 0. The van der Waals surface area contributed by atoms with E-state index in [1.165, 1.54) is 0 Å². The van der Waals surface area contributed by atoms with Gasteiger partial charge in [-0.15, -0.1) is 0 Å². The molecule has 25 heavy (non-hydrogen) atoms. The molecule has 0 bridgehead atoms. The fourth-order valence-corrected chi connectivity index (χ4v) is 3.17. The Balaban J connectivity index is 2.10. The van der Waals surface area contributed by atoms with E-state index in [-0.39, 0.29) is 12.1 Å². The fourth-order valence-electron chi connectivity index (χ4n) is 3.17. The second-order valence-corrected chi connectivity index (χ2v) is 7.64. The Morgan fingerprint density at radius 1 is 1.32 bits per heavy atom. The number of hydrogen-bond acceptors (Lipinski definition) is 4. The Bertz CT molecular complexity index is 542. The zero-order valence-corrected chi connectivity index (χ0v) is 16.2. The van der Waals surface area contributed by atoms with Gasteiger partial charge in [-0.25, -0.2) is 4.79 Å². The second-order valence-electron chi connectivity index (χ2n) is 7.64. The average molecular weight is 348 g/mol. The number of likely N-dealkylation sites (tertiary alicyclic amines) is 1. The number of nitrogens with zero attached hydrogens (tertiary/aromatic N) is 2. The van der Waals surface area contributed by atoms with Gasteiger partial charge >= 0.3 is 6.09 Å². The number of carbonyl (C=O) groups is 1. The lowest BCUT2D eigenvalue weighted by atomic mass is 10.1. The molecule has 1 aromatic rings. The summed E-state index contributed by atoms with van der Waals surface area (Å²) < 4.78 is 11.3. The summed E-state index contributed by atoms with van der Waals surface area (Å²) in [5.41, 5.74) is 0.621. The minimum absolute atomic E-state index is 0.0450. The predicted octanol–water partition coefficient (Wildman–Crippen LogP) is 3.71. The molecule has 5 nitrogen and oxygen atoms in total. The maximum absolute atomic E-state index is 12.6. The number of benzene rings is 1. The predicted molar refractivity (Wildman–Crippen MR) is 99.7 cm³/mol. The highest BCUT2D eigenvalue weighted by Gasteiger charge is 2.31. The van der Waals surface area contributed by atoms with Gasteiger partial charge in [0, 0.05) is 33.3 Å². The molecule has 0 unspecified atom stereocenters. The summed E-state index contributed by atoms with van der Waals surface area (Å²) in [5, 5.41) is 0.